The molecule has 1 aliphatic carbocycles. The molecule has 0 amide bonds. The number of hydrogen-bond acceptors (Lipinski definition) is 3. The summed E-state index contributed by atoms with van der Waals surface area (Å²) in [6, 6.07) is 0.245. The van der Waals surface area contributed by atoms with Crippen molar-refractivity contribution < 1.29 is 0 Å². The summed E-state index contributed by atoms with van der Waals surface area (Å²) in [7, 11) is 1.90. The van der Waals surface area contributed by atoms with E-state index in [1.165, 1.54) is 38.5 Å². The molecular weight excluding hydrogens is 212 g/mol. The van der Waals surface area contributed by atoms with Gasteiger partial charge in [0.15, 0.2) is 0 Å². The molecule has 1 heterocycles. The maximum atomic E-state index is 6.22. The van der Waals surface area contributed by atoms with Gasteiger partial charge in [0.1, 0.15) is 0 Å². The van der Waals surface area contributed by atoms with Crippen molar-refractivity contribution in [2.24, 2.45) is 18.7 Å². The summed E-state index contributed by atoms with van der Waals surface area (Å²) < 4.78 is 1.74. The van der Waals surface area contributed by atoms with Crippen LogP contribution in [0.1, 0.15) is 50.6 Å². The fourth-order valence-corrected chi connectivity index (χ4v) is 2.87. The van der Waals surface area contributed by atoms with Gasteiger partial charge in [0.05, 0.1) is 5.69 Å². The molecule has 4 nitrogen and oxygen atoms in total. The minimum Gasteiger partial charge on any atom is -0.327 e. The van der Waals surface area contributed by atoms with E-state index >= 15 is 0 Å². The maximum absolute atomic E-state index is 6.22. The first kappa shape index (κ1) is 12.6. The fraction of sp³-hybridized carbons (Fsp3) is 0.846. The third-order valence-corrected chi connectivity index (χ3v) is 3.73. The van der Waals surface area contributed by atoms with E-state index in [0.717, 1.165) is 24.5 Å². The van der Waals surface area contributed by atoms with Crippen LogP contribution in [0.15, 0.2) is 6.20 Å². The molecule has 2 N–H and O–H groups in total. The van der Waals surface area contributed by atoms with Crippen LogP contribution in [0.2, 0.25) is 0 Å². The Bertz CT molecular complexity index is 326. The van der Waals surface area contributed by atoms with Crippen LogP contribution in [0.3, 0.4) is 0 Å². The molecule has 0 aliphatic heterocycles. The summed E-state index contributed by atoms with van der Waals surface area (Å²) >= 11 is 0. The molecule has 4 heteroatoms. The number of aromatic nitrogens is 3. The molecule has 1 fully saturated rings. The second kappa shape index (κ2) is 6.15. The minimum absolute atomic E-state index is 0.245. The largest absolute Gasteiger partial charge is 0.327 e. The Morgan fingerprint density at radius 1 is 1.35 bits per heavy atom. The van der Waals surface area contributed by atoms with E-state index in [4.69, 9.17) is 5.73 Å². The smallest absolute Gasteiger partial charge is 0.0842 e. The zero-order chi connectivity index (χ0) is 12.1. The topological polar surface area (TPSA) is 56.7 Å². The van der Waals surface area contributed by atoms with Crippen LogP contribution in [-0.2, 0) is 13.5 Å². The highest BCUT2D eigenvalue weighted by atomic mass is 15.4. The molecule has 0 radical (unpaired) electrons. The van der Waals surface area contributed by atoms with E-state index in [2.05, 4.69) is 10.3 Å². The zero-order valence-corrected chi connectivity index (χ0v) is 10.8. The van der Waals surface area contributed by atoms with E-state index < -0.39 is 0 Å². The summed E-state index contributed by atoms with van der Waals surface area (Å²) in [6.07, 6.45) is 12.3. The molecule has 1 aromatic rings. The minimum atomic E-state index is 0.245. The summed E-state index contributed by atoms with van der Waals surface area (Å²) in [5, 5.41) is 8.04. The summed E-state index contributed by atoms with van der Waals surface area (Å²) in [6.45, 7) is 0. The lowest BCUT2D eigenvalue weighted by Crippen LogP contribution is -2.26. The summed E-state index contributed by atoms with van der Waals surface area (Å²) in [4.78, 5) is 0. The Hall–Kier alpha value is -0.900. The highest BCUT2D eigenvalue weighted by Crippen LogP contribution is 2.26. The lowest BCUT2D eigenvalue weighted by molar-refractivity contribution is 0.386. The van der Waals surface area contributed by atoms with Crippen LogP contribution in [0.5, 0.6) is 0 Å². The Morgan fingerprint density at radius 3 is 2.65 bits per heavy atom. The number of aryl methyl sites for hydroxylation is 1. The molecule has 2 rings (SSSR count). The Kier molecular flexibility index (Phi) is 4.54. The van der Waals surface area contributed by atoms with Gasteiger partial charge >= 0.3 is 0 Å². The van der Waals surface area contributed by atoms with Gasteiger partial charge in [0.2, 0.25) is 0 Å². The lowest BCUT2D eigenvalue weighted by atomic mass is 9.91. The first-order valence-corrected chi connectivity index (χ1v) is 6.85. The van der Waals surface area contributed by atoms with Gasteiger partial charge < -0.3 is 5.73 Å². The van der Waals surface area contributed by atoms with Crippen molar-refractivity contribution in [3.63, 3.8) is 0 Å². The molecular formula is C13H24N4. The van der Waals surface area contributed by atoms with Crippen molar-refractivity contribution >= 4 is 0 Å². The normalized spacial score (nSPS) is 20.1. The van der Waals surface area contributed by atoms with E-state index in [-0.39, 0.29) is 6.04 Å². The standard InChI is InChI=1S/C13H24N4/c1-17-10-13(15-16-17)9-12(14)8-11-6-4-2-3-5-7-11/h10-12H,2-9,14H2,1H3. The van der Waals surface area contributed by atoms with Crippen LogP contribution in [0.25, 0.3) is 0 Å². The van der Waals surface area contributed by atoms with Crippen LogP contribution in [0.4, 0.5) is 0 Å². The van der Waals surface area contributed by atoms with Crippen molar-refractivity contribution in [1.29, 1.82) is 0 Å². The van der Waals surface area contributed by atoms with Crippen molar-refractivity contribution in [2.45, 2.75) is 57.4 Å². The fourth-order valence-electron chi connectivity index (χ4n) is 2.87. The van der Waals surface area contributed by atoms with Gasteiger partial charge in [-0.25, -0.2) is 0 Å². The summed E-state index contributed by atoms with van der Waals surface area (Å²) in [5.41, 5.74) is 7.24. The van der Waals surface area contributed by atoms with E-state index in [9.17, 15) is 0 Å². The first-order chi connectivity index (χ1) is 8.24. The third kappa shape index (κ3) is 4.11. The average molecular weight is 236 g/mol. The molecule has 0 spiro atoms. The number of rotatable bonds is 4. The molecule has 1 aliphatic rings. The Morgan fingerprint density at radius 2 is 2.06 bits per heavy atom. The second-order valence-electron chi connectivity index (χ2n) is 5.44. The van der Waals surface area contributed by atoms with Crippen molar-refractivity contribution in [3.05, 3.63) is 11.9 Å². The predicted molar refractivity (Wildman–Crippen MR) is 68.5 cm³/mol. The molecule has 1 aromatic heterocycles. The van der Waals surface area contributed by atoms with Gasteiger partial charge in [-0.3, -0.25) is 4.68 Å². The van der Waals surface area contributed by atoms with Gasteiger partial charge in [-0.1, -0.05) is 43.7 Å². The molecule has 17 heavy (non-hydrogen) atoms. The molecule has 1 unspecified atom stereocenters. The van der Waals surface area contributed by atoms with Crippen LogP contribution in [-0.4, -0.2) is 21.0 Å². The van der Waals surface area contributed by atoms with Gasteiger partial charge in [0, 0.05) is 25.7 Å². The van der Waals surface area contributed by atoms with E-state index in [1.807, 2.05) is 13.2 Å². The lowest BCUT2D eigenvalue weighted by Gasteiger charge is -2.18. The molecule has 0 saturated heterocycles. The molecule has 96 valence electrons. The summed E-state index contributed by atoms with van der Waals surface area (Å²) in [5.74, 6) is 0.837. The van der Waals surface area contributed by atoms with Crippen molar-refractivity contribution in [3.8, 4) is 0 Å². The van der Waals surface area contributed by atoms with Crippen LogP contribution in [0, 0.1) is 5.92 Å². The van der Waals surface area contributed by atoms with Crippen molar-refractivity contribution in [2.75, 3.05) is 0 Å². The third-order valence-electron chi connectivity index (χ3n) is 3.73. The first-order valence-electron chi connectivity index (χ1n) is 6.85. The van der Waals surface area contributed by atoms with Gasteiger partial charge in [0.25, 0.3) is 0 Å². The molecule has 0 bridgehead atoms. The molecule has 0 aromatic carbocycles. The second-order valence-corrected chi connectivity index (χ2v) is 5.44. The van der Waals surface area contributed by atoms with E-state index in [1.54, 1.807) is 4.68 Å². The quantitative estimate of drug-likeness (QED) is 0.814. The highest BCUT2D eigenvalue weighted by Gasteiger charge is 2.16. The number of nitrogens with two attached hydrogens (primary N) is 1. The van der Waals surface area contributed by atoms with Crippen molar-refractivity contribution in [1.82, 2.24) is 15.0 Å². The number of hydrogen-bond donors (Lipinski definition) is 1. The number of nitrogens with zero attached hydrogens (tertiary/aromatic N) is 3. The molecule has 1 atom stereocenters. The van der Waals surface area contributed by atoms with Gasteiger partial charge in [-0.15, -0.1) is 5.10 Å². The van der Waals surface area contributed by atoms with E-state index in [0.29, 0.717) is 0 Å². The Labute approximate surface area is 104 Å². The van der Waals surface area contributed by atoms with Crippen LogP contribution >= 0.6 is 0 Å². The van der Waals surface area contributed by atoms with Gasteiger partial charge in [-0.2, -0.15) is 0 Å². The highest BCUT2D eigenvalue weighted by molar-refractivity contribution is 4.95. The van der Waals surface area contributed by atoms with Gasteiger partial charge in [-0.05, 0) is 12.3 Å². The Balaban J connectivity index is 1.77. The molecule has 1 saturated carbocycles. The SMILES string of the molecule is Cn1cc(CC(N)CC2CCCCCC2)nn1. The van der Waals surface area contributed by atoms with Crippen LogP contribution < -0.4 is 5.73 Å². The maximum Gasteiger partial charge on any atom is 0.0842 e. The monoisotopic (exact) mass is 236 g/mol. The zero-order valence-electron chi connectivity index (χ0n) is 10.8. The predicted octanol–water partition coefficient (Wildman–Crippen LogP) is 2.05. The average Bonchev–Trinajstić information content (AvgIpc) is 2.53.